The number of likely N-dealkylation sites (tertiary alicyclic amines) is 1. The van der Waals surface area contributed by atoms with Gasteiger partial charge in [0.15, 0.2) is 11.7 Å². The molecule has 2 aliphatic rings. The van der Waals surface area contributed by atoms with Gasteiger partial charge in [0.05, 0.1) is 6.20 Å². The second kappa shape index (κ2) is 8.78. The fourth-order valence-electron chi connectivity index (χ4n) is 3.74. The minimum atomic E-state index is 0.433. The monoisotopic (exact) mass is 381 g/mol. The number of nitrogens with zero attached hydrogens (tertiary/aromatic N) is 3. The molecule has 2 fully saturated rings. The molecule has 1 aliphatic heterocycles. The minimum absolute atomic E-state index is 0.433. The van der Waals surface area contributed by atoms with Crippen molar-refractivity contribution in [2.75, 3.05) is 19.6 Å². The highest BCUT2D eigenvalue weighted by atomic mass is 16.4. The normalized spacial score (nSPS) is 19.0. The van der Waals surface area contributed by atoms with Crippen LogP contribution in [0.15, 0.2) is 39.9 Å². The van der Waals surface area contributed by atoms with Crippen LogP contribution in [0.3, 0.4) is 0 Å². The topological polar surface area (TPSA) is 65.7 Å². The van der Waals surface area contributed by atoms with Gasteiger partial charge in [-0.3, -0.25) is 0 Å². The van der Waals surface area contributed by atoms with Crippen molar-refractivity contribution in [3.63, 3.8) is 0 Å². The molecular formula is C22H31N5O. The van der Waals surface area contributed by atoms with E-state index >= 15 is 0 Å². The first kappa shape index (κ1) is 19.0. The molecule has 1 aliphatic carbocycles. The van der Waals surface area contributed by atoms with E-state index in [-0.39, 0.29) is 0 Å². The van der Waals surface area contributed by atoms with Crippen molar-refractivity contribution in [2.45, 2.75) is 58.2 Å². The van der Waals surface area contributed by atoms with Gasteiger partial charge in [-0.05, 0) is 39.5 Å². The van der Waals surface area contributed by atoms with E-state index in [0.29, 0.717) is 18.5 Å². The number of oxazole rings is 1. The van der Waals surface area contributed by atoms with Crippen molar-refractivity contribution >= 4 is 5.96 Å². The molecule has 4 rings (SSSR count). The van der Waals surface area contributed by atoms with E-state index in [2.05, 4.69) is 63.6 Å². The molecule has 0 atom stereocenters. The highest BCUT2D eigenvalue weighted by molar-refractivity contribution is 5.80. The van der Waals surface area contributed by atoms with Gasteiger partial charge in [0.2, 0.25) is 5.89 Å². The second-order valence-corrected chi connectivity index (χ2v) is 7.87. The Balaban J connectivity index is 1.33. The zero-order chi connectivity index (χ0) is 19.3. The van der Waals surface area contributed by atoms with E-state index in [4.69, 9.17) is 4.42 Å². The molecular weight excluding hydrogens is 350 g/mol. The molecule has 2 N–H and O–H groups in total. The van der Waals surface area contributed by atoms with E-state index in [0.717, 1.165) is 29.9 Å². The summed E-state index contributed by atoms with van der Waals surface area (Å²) in [4.78, 5) is 11.7. The number of hydrogen-bond donors (Lipinski definition) is 2. The van der Waals surface area contributed by atoms with Crippen LogP contribution >= 0.6 is 0 Å². The first-order chi connectivity index (χ1) is 13.7. The van der Waals surface area contributed by atoms with E-state index in [9.17, 15) is 0 Å². The second-order valence-electron chi connectivity index (χ2n) is 7.87. The first-order valence-corrected chi connectivity index (χ1v) is 10.5. The number of aromatic nitrogens is 1. The molecule has 0 spiro atoms. The van der Waals surface area contributed by atoms with Crippen LogP contribution in [0.1, 0.15) is 44.1 Å². The van der Waals surface area contributed by atoms with Crippen LogP contribution in [0.25, 0.3) is 11.3 Å². The van der Waals surface area contributed by atoms with Crippen LogP contribution < -0.4 is 10.6 Å². The van der Waals surface area contributed by atoms with Crippen LogP contribution in [0.5, 0.6) is 0 Å². The minimum Gasteiger partial charge on any atom is -0.439 e. The summed E-state index contributed by atoms with van der Waals surface area (Å²) >= 11 is 0. The number of aliphatic imine (C=N–C) groups is 1. The van der Waals surface area contributed by atoms with Crippen LogP contribution in [-0.4, -0.2) is 47.6 Å². The quantitative estimate of drug-likeness (QED) is 0.593. The van der Waals surface area contributed by atoms with Gasteiger partial charge in [-0.2, -0.15) is 0 Å². The van der Waals surface area contributed by atoms with Crippen molar-refractivity contribution in [1.82, 2.24) is 20.5 Å². The van der Waals surface area contributed by atoms with Crippen molar-refractivity contribution in [1.29, 1.82) is 0 Å². The lowest BCUT2D eigenvalue weighted by Gasteiger charge is -2.33. The number of aryl methyl sites for hydroxylation is 1. The Hall–Kier alpha value is -2.34. The van der Waals surface area contributed by atoms with Crippen LogP contribution in [0, 0.1) is 6.92 Å². The number of rotatable bonds is 6. The number of hydrogen-bond acceptors (Lipinski definition) is 4. The van der Waals surface area contributed by atoms with Gasteiger partial charge in [-0.25, -0.2) is 9.98 Å². The van der Waals surface area contributed by atoms with Crippen LogP contribution in [-0.2, 0) is 6.54 Å². The fourth-order valence-corrected chi connectivity index (χ4v) is 3.74. The van der Waals surface area contributed by atoms with E-state index in [1.165, 1.54) is 44.3 Å². The average molecular weight is 382 g/mol. The molecule has 150 valence electrons. The number of piperidine rings is 1. The molecule has 6 nitrogen and oxygen atoms in total. The van der Waals surface area contributed by atoms with Crippen molar-refractivity contribution in [3.05, 3.63) is 41.9 Å². The third-order valence-electron chi connectivity index (χ3n) is 5.54. The molecule has 1 saturated heterocycles. The van der Waals surface area contributed by atoms with Crippen molar-refractivity contribution in [2.24, 2.45) is 4.99 Å². The van der Waals surface area contributed by atoms with E-state index in [1.54, 1.807) is 6.20 Å². The summed E-state index contributed by atoms with van der Waals surface area (Å²) in [6, 6.07) is 9.64. The maximum absolute atomic E-state index is 5.90. The van der Waals surface area contributed by atoms with Gasteiger partial charge in [0.1, 0.15) is 6.54 Å². The largest absolute Gasteiger partial charge is 0.439 e. The average Bonchev–Trinajstić information content (AvgIpc) is 3.45. The predicted molar refractivity (Wildman–Crippen MR) is 112 cm³/mol. The van der Waals surface area contributed by atoms with Gasteiger partial charge in [0, 0.05) is 37.3 Å². The Labute approximate surface area is 167 Å². The molecule has 1 aromatic carbocycles. The Kier molecular flexibility index (Phi) is 5.95. The Morgan fingerprint density at radius 1 is 1.18 bits per heavy atom. The predicted octanol–water partition coefficient (Wildman–Crippen LogP) is 3.33. The summed E-state index contributed by atoms with van der Waals surface area (Å²) in [5.74, 6) is 2.27. The highest BCUT2D eigenvalue weighted by Gasteiger charge is 2.31. The zero-order valence-electron chi connectivity index (χ0n) is 16.9. The van der Waals surface area contributed by atoms with E-state index < -0.39 is 0 Å². The van der Waals surface area contributed by atoms with Gasteiger partial charge in [-0.15, -0.1) is 0 Å². The molecule has 2 aromatic rings. The molecule has 0 bridgehead atoms. The standard InChI is InChI=1S/C22H31N5O/c1-3-23-22(26-18-10-12-27(13-11-18)19-8-9-19)25-15-21-24-14-20(28-21)17-6-4-16(2)5-7-17/h4-7,14,18-19H,3,8-13,15H2,1-2H3,(H2,23,25,26). The lowest BCUT2D eigenvalue weighted by atomic mass is 10.1. The fraction of sp³-hybridized carbons (Fsp3) is 0.545. The smallest absolute Gasteiger partial charge is 0.216 e. The zero-order valence-corrected chi connectivity index (χ0v) is 16.9. The third kappa shape index (κ3) is 4.93. The molecule has 28 heavy (non-hydrogen) atoms. The molecule has 1 aromatic heterocycles. The first-order valence-electron chi connectivity index (χ1n) is 10.5. The van der Waals surface area contributed by atoms with Crippen LogP contribution in [0.2, 0.25) is 0 Å². The summed E-state index contributed by atoms with van der Waals surface area (Å²) in [6.45, 7) is 7.83. The molecule has 1 saturated carbocycles. The number of benzene rings is 1. The van der Waals surface area contributed by atoms with E-state index in [1.807, 2.05) is 0 Å². The number of nitrogens with one attached hydrogen (secondary N) is 2. The molecule has 0 unspecified atom stereocenters. The highest BCUT2D eigenvalue weighted by Crippen LogP contribution is 2.29. The molecule has 6 heteroatoms. The molecule has 0 amide bonds. The maximum Gasteiger partial charge on any atom is 0.216 e. The van der Waals surface area contributed by atoms with Gasteiger partial charge in [-0.1, -0.05) is 29.8 Å². The van der Waals surface area contributed by atoms with Crippen molar-refractivity contribution < 1.29 is 4.42 Å². The molecule has 2 heterocycles. The summed E-state index contributed by atoms with van der Waals surface area (Å²) in [6.07, 6.45) is 6.92. The summed E-state index contributed by atoms with van der Waals surface area (Å²) < 4.78 is 5.90. The summed E-state index contributed by atoms with van der Waals surface area (Å²) in [5.41, 5.74) is 2.28. The number of guanidine groups is 1. The Morgan fingerprint density at radius 3 is 2.61 bits per heavy atom. The third-order valence-corrected chi connectivity index (χ3v) is 5.54. The van der Waals surface area contributed by atoms with Crippen molar-refractivity contribution in [3.8, 4) is 11.3 Å². The molecule has 0 radical (unpaired) electrons. The van der Waals surface area contributed by atoms with Gasteiger partial charge in [0.25, 0.3) is 0 Å². The Bertz CT molecular complexity index is 786. The summed E-state index contributed by atoms with van der Waals surface area (Å²) in [5, 5.41) is 6.94. The lowest BCUT2D eigenvalue weighted by Crippen LogP contribution is -2.49. The Morgan fingerprint density at radius 2 is 1.93 bits per heavy atom. The van der Waals surface area contributed by atoms with Crippen LogP contribution in [0.4, 0.5) is 0 Å². The SMILES string of the molecule is CCNC(=NCc1ncc(-c2ccc(C)cc2)o1)NC1CCN(C2CC2)CC1. The summed E-state index contributed by atoms with van der Waals surface area (Å²) in [7, 11) is 0. The van der Waals surface area contributed by atoms with Gasteiger partial charge < -0.3 is 20.0 Å². The van der Waals surface area contributed by atoms with Gasteiger partial charge >= 0.3 is 0 Å². The lowest BCUT2D eigenvalue weighted by molar-refractivity contribution is 0.197. The maximum atomic E-state index is 5.90.